The minimum Gasteiger partial charge on any atom is -0.282 e. The van der Waals surface area contributed by atoms with E-state index in [-0.39, 0.29) is 4.90 Å². The Hall–Kier alpha value is -0.580. The lowest BCUT2D eigenvalue weighted by molar-refractivity contribution is 0.483. The van der Waals surface area contributed by atoms with E-state index in [0.29, 0.717) is 5.88 Å². The van der Waals surface area contributed by atoms with Crippen molar-refractivity contribution >= 4 is 21.7 Å². The smallest absolute Gasteiger partial charge is 0.282 e. The van der Waals surface area contributed by atoms with Gasteiger partial charge in [-0.3, -0.25) is 4.55 Å². The maximum absolute atomic E-state index is 10.8. The molecule has 0 bridgehead atoms. The number of halogens is 1. The number of alkyl halides is 1. The molecule has 3 nitrogen and oxygen atoms in total. The van der Waals surface area contributed by atoms with Gasteiger partial charge in [0.25, 0.3) is 10.1 Å². The molecule has 1 rings (SSSR count). The molecule has 0 aromatic heterocycles. The molecule has 0 unspecified atom stereocenters. The Bertz CT molecular complexity index is 411. The van der Waals surface area contributed by atoms with Crippen molar-refractivity contribution in [3.63, 3.8) is 0 Å². The number of hydrogen-bond donors (Lipinski definition) is 1. The monoisotopic (exact) mass is 262 g/mol. The molecule has 0 aliphatic rings. The second-order valence-corrected chi connectivity index (χ2v) is 5.42. The van der Waals surface area contributed by atoms with Gasteiger partial charge in [0.1, 0.15) is 0 Å². The predicted octanol–water partition coefficient (Wildman–Crippen LogP) is 2.88. The molecule has 0 saturated heterocycles. The summed E-state index contributed by atoms with van der Waals surface area (Å²) in [7, 11) is -4.07. The zero-order valence-electron chi connectivity index (χ0n) is 8.89. The van der Waals surface area contributed by atoms with E-state index in [2.05, 4.69) is 0 Å². The first-order chi connectivity index (χ1) is 7.54. The van der Waals surface area contributed by atoms with Crippen molar-refractivity contribution < 1.29 is 13.0 Å². The Morgan fingerprint density at radius 3 is 2.19 bits per heavy atom. The van der Waals surface area contributed by atoms with Crippen molar-refractivity contribution in [3.05, 3.63) is 29.8 Å². The molecule has 0 heterocycles. The standard InChI is InChI=1S/C11H15ClO3S/c12-9-3-1-2-4-10-5-7-11(8-6-10)16(13,14)15/h5-8H,1-4,9H2,(H,13,14,15). The molecule has 0 spiro atoms. The van der Waals surface area contributed by atoms with Crippen LogP contribution < -0.4 is 0 Å². The van der Waals surface area contributed by atoms with Crippen molar-refractivity contribution in [2.24, 2.45) is 0 Å². The van der Waals surface area contributed by atoms with E-state index in [4.69, 9.17) is 16.2 Å². The zero-order valence-corrected chi connectivity index (χ0v) is 10.5. The molecule has 90 valence electrons. The molecule has 0 aliphatic heterocycles. The third kappa shape index (κ3) is 4.51. The van der Waals surface area contributed by atoms with E-state index in [1.807, 2.05) is 0 Å². The van der Waals surface area contributed by atoms with Crippen LogP contribution in [0.25, 0.3) is 0 Å². The summed E-state index contributed by atoms with van der Waals surface area (Å²) in [5, 5.41) is 0. The number of aryl methyl sites for hydroxylation is 1. The Labute approximate surface area is 101 Å². The topological polar surface area (TPSA) is 54.4 Å². The highest BCUT2D eigenvalue weighted by Crippen LogP contribution is 2.12. The molecular formula is C11H15ClO3S. The van der Waals surface area contributed by atoms with Gasteiger partial charge in [-0.15, -0.1) is 11.6 Å². The van der Waals surface area contributed by atoms with Crippen molar-refractivity contribution in [1.82, 2.24) is 0 Å². The van der Waals surface area contributed by atoms with Crippen LogP contribution >= 0.6 is 11.6 Å². The Morgan fingerprint density at radius 1 is 1.06 bits per heavy atom. The van der Waals surface area contributed by atoms with Crippen LogP contribution in [-0.2, 0) is 16.5 Å². The van der Waals surface area contributed by atoms with Gasteiger partial charge in [0.2, 0.25) is 0 Å². The van der Waals surface area contributed by atoms with Crippen molar-refractivity contribution in [3.8, 4) is 0 Å². The van der Waals surface area contributed by atoms with Crippen LogP contribution in [0.15, 0.2) is 29.2 Å². The summed E-state index contributed by atoms with van der Waals surface area (Å²) in [6, 6.07) is 6.30. The van der Waals surface area contributed by atoms with Gasteiger partial charge in [-0.25, -0.2) is 0 Å². The molecule has 0 radical (unpaired) electrons. The van der Waals surface area contributed by atoms with Gasteiger partial charge >= 0.3 is 0 Å². The van der Waals surface area contributed by atoms with E-state index in [0.717, 1.165) is 31.2 Å². The van der Waals surface area contributed by atoms with E-state index < -0.39 is 10.1 Å². The largest absolute Gasteiger partial charge is 0.294 e. The second-order valence-electron chi connectivity index (χ2n) is 3.62. The van der Waals surface area contributed by atoms with Crippen LogP contribution in [0, 0.1) is 0 Å². The third-order valence-electron chi connectivity index (χ3n) is 2.32. The van der Waals surface area contributed by atoms with Gasteiger partial charge in [-0.05, 0) is 37.0 Å². The Kier molecular flexibility index (Phi) is 5.25. The first-order valence-corrected chi connectivity index (χ1v) is 7.14. The molecule has 1 aromatic rings. The highest BCUT2D eigenvalue weighted by Gasteiger charge is 2.07. The van der Waals surface area contributed by atoms with Gasteiger partial charge in [-0.1, -0.05) is 18.6 Å². The fourth-order valence-corrected chi connectivity index (χ4v) is 2.10. The van der Waals surface area contributed by atoms with Crippen LogP contribution in [-0.4, -0.2) is 18.9 Å². The van der Waals surface area contributed by atoms with E-state index in [9.17, 15) is 8.42 Å². The number of unbranched alkanes of at least 4 members (excludes halogenated alkanes) is 2. The quantitative estimate of drug-likeness (QED) is 0.487. The molecule has 0 fully saturated rings. The van der Waals surface area contributed by atoms with Gasteiger partial charge in [0.15, 0.2) is 0 Å². The van der Waals surface area contributed by atoms with Crippen LogP contribution in [0.5, 0.6) is 0 Å². The molecule has 0 amide bonds. The lowest BCUT2D eigenvalue weighted by Crippen LogP contribution is -1.98. The SMILES string of the molecule is O=S(=O)(O)c1ccc(CCCCCCl)cc1. The molecule has 0 atom stereocenters. The van der Waals surface area contributed by atoms with E-state index >= 15 is 0 Å². The normalized spacial score (nSPS) is 11.6. The fraction of sp³-hybridized carbons (Fsp3) is 0.455. The number of hydrogen-bond acceptors (Lipinski definition) is 2. The minimum atomic E-state index is -4.07. The maximum atomic E-state index is 10.8. The number of benzene rings is 1. The van der Waals surface area contributed by atoms with Gasteiger partial charge in [0.05, 0.1) is 4.90 Å². The molecule has 0 saturated carbocycles. The highest BCUT2D eigenvalue weighted by atomic mass is 35.5. The van der Waals surface area contributed by atoms with Gasteiger partial charge in [-0.2, -0.15) is 8.42 Å². The first-order valence-electron chi connectivity index (χ1n) is 5.16. The van der Waals surface area contributed by atoms with Crippen molar-refractivity contribution in [1.29, 1.82) is 0 Å². The average Bonchev–Trinajstić information content (AvgIpc) is 2.24. The summed E-state index contributed by atoms with van der Waals surface area (Å²) >= 11 is 5.56. The lowest BCUT2D eigenvalue weighted by Gasteiger charge is -2.02. The molecule has 0 aliphatic carbocycles. The summed E-state index contributed by atoms with van der Waals surface area (Å²) in [4.78, 5) is -0.0583. The molecule has 16 heavy (non-hydrogen) atoms. The molecule has 5 heteroatoms. The number of rotatable bonds is 6. The van der Waals surface area contributed by atoms with Crippen LogP contribution in [0.4, 0.5) is 0 Å². The van der Waals surface area contributed by atoms with E-state index in [1.54, 1.807) is 12.1 Å². The van der Waals surface area contributed by atoms with Crippen LogP contribution in [0.3, 0.4) is 0 Å². The molecule has 1 N–H and O–H groups in total. The lowest BCUT2D eigenvalue weighted by atomic mass is 10.1. The third-order valence-corrected chi connectivity index (χ3v) is 3.46. The fourth-order valence-electron chi connectivity index (χ4n) is 1.43. The van der Waals surface area contributed by atoms with Gasteiger partial charge in [0, 0.05) is 5.88 Å². The van der Waals surface area contributed by atoms with Crippen molar-refractivity contribution in [2.45, 2.75) is 30.6 Å². The zero-order chi connectivity index (χ0) is 12.0. The molecule has 1 aromatic carbocycles. The van der Waals surface area contributed by atoms with Crippen molar-refractivity contribution in [2.75, 3.05) is 5.88 Å². The van der Waals surface area contributed by atoms with E-state index in [1.165, 1.54) is 12.1 Å². The Morgan fingerprint density at radius 2 is 1.69 bits per heavy atom. The summed E-state index contributed by atoms with van der Waals surface area (Å²) < 4.78 is 30.4. The second kappa shape index (κ2) is 6.23. The summed E-state index contributed by atoms with van der Waals surface area (Å²) in [6.07, 6.45) is 4.02. The van der Waals surface area contributed by atoms with Crippen LogP contribution in [0.2, 0.25) is 0 Å². The first kappa shape index (κ1) is 13.5. The Balaban J connectivity index is 2.52. The predicted molar refractivity (Wildman–Crippen MR) is 64.5 cm³/mol. The molecular weight excluding hydrogens is 248 g/mol. The summed E-state index contributed by atoms with van der Waals surface area (Å²) in [5.41, 5.74) is 1.07. The maximum Gasteiger partial charge on any atom is 0.294 e. The summed E-state index contributed by atoms with van der Waals surface area (Å²) in [5.74, 6) is 0.682. The average molecular weight is 263 g/mol. The van der Waals surface area contributed by atoms with Crippen LogP contribution in [0.1, 0.15) is 24.8 Å². The van der Waals surface area contributed by atoms with Gasteiger partial charge < -0.3 is 0 Å². The minimum absolute atomic E-state index is 0.0583. The summed E-state index contributed by atoms with van der Waals surface area (Å²) in [6.45, 7) is 0. The highest BCUT2D eigenvalue weighted by molar-refractivity contribution is 7.85.